The normalized spacial score (nSPS) is 10.1. The third kappa shape index (κ3) is 4.55. The van der Waals surface area contributed by atoms with Crippen LogP contribution in [0.1, 0.15) is 12.5 Å². The second-order valence-corrected chi connectivity index (χ2v) is 3.73. The molecule has 0 unspecified atom stereocenters. The minimum atomic E-state index is -0.869. The summed E-state index contributed by atoms with van der Waals surface area (Å²) in [5.74, 6) is -0.869. The zero-order chi connectivity index (χ0) is 13.4. The molecular weight excluding hydrogens is 234 g/mol. The summed E-state index contributed by atoms with van der Waals surface area (Å²) in [7, 11) is 0. The average Bonchev–Trinajstić information content (AvgIpc) is 2.35. The molecule has 98 valence electrons. The molecule has 0 atom stereocenters. The molecule has 1 aromatic rings. The molecular formula is C13H17NO4. The summed E-state index contributed by atoms with van der Waals surface area (Å²) in [5, 5.41) is 8.65. The van der Waals surface area contributed by atoms with Crippen molar-refractivity contribution in [1.82, 2.24) is 0 Å². The zero-order valence-electron chi connectivity index (χ0n) is 10.3. The van der Waals surface area contributed by atoms with Crippen molar-refractivity contribution in [2.45, 2.75) is 13.3 Å². The van der Waals surface area contributed by atoms with Crippen LogP contribution in [0.5, 0.6) is 0 Å². The largest absolute Gasteiger partial charge is 0.481 e. The van der Waals surface area contributed by atoms with Gasteiger partial charge in [-0.25, -0.2) is 0 Å². The highest BCUT2D eigenvalue weighted by Crippen LogP contribution is 2.14. The maximum absolute atomic E-state index is 10.9. The van der Waals surface area contributed by atoms with Gasteiger partial charge in [-0.2, -0.15) is 0 Å². The zero-order valence-corrected chi connectivity index (χ0v) is 10.3. The fourth-order valence-electron chi connectivity index (χ4n) is 1.53. The summed E-state index contributed by atoms with van der Waals surface area (Å²) in [6.45, 7) is 3.47. The van der Waals surface area contributed by atoms with Crippen LogP contribution in [0.4, 0.5) is 5.69 Å². The van der Waals surface area contributed by atoms with E-state index in [4.69, 9.17) is 9.84 Å². The Hall–Kier alpha value is -1.88. The lowest BCUT2D eigenvalue weighted by molar-refractivity contribution is -0.136. The third-order valence-corrected chi connectivity index (χ3v) is 2.43. The molecule has 0 saturated heterocycles. The second kappa shape index (κ2) is 7.45. The van der Waals surface area contributed by atoms with Crippen molar-refractivity contribution in [2.75, 3.05) is 24.7 Å². The minimum Gasteiger partial charge on any atom is -0.481 e. The number of rotatable bonds is 8. The SMILES string of the molecule is CCOCCN(C=O)c1ccc(CC(=O)O)cc1. The summed E-state index contributed by atoms with van der Waals surface area (Å²) in [5.41, 5.74) is 1.45. The van der Waals surface area contributed by atoms with Gasteiger partial charge in [-0.05, 0) is 24.6 Å². The van der Waals surface area contributed by atoms with E-state index in [9.17, 15) is 9.59 Å². The van der Waals surface area contributed by atoms with Crippen molar-refractivity contribution < 1.29 is 19.4 Å². The maximum Gasteiger partial charge on any atom is 0.307 e. The number of aliphatic carboxylic acids is 1. The summed E-state index contributed by atoms with van der Waals surface area (Å²) in [6.07, 6.45) is 0.728. The molecule has 1 amide bonds. The fraction of sp³-hybridized carbons (Fsp3) is 0.385. The molecule has 1 N–H and O–H groups in total. The Balaban J connectivity index is 2.63. The number of carbonyl (C=O) groups excluding carboxylic acids is 1. The van der Waals surface area contributed by atoms with Crippen molar-refractivity contribution in [2.24, 2.45) is 0 Å². The highest BCUT2D eigenvalue weighted by Gasteiger charge is 2.06. The number of carboxylic acid groups (broad SMARTS) is 1. The molecule has 0 radical (unpaired) electrons. The number of carbonyl (C=O) groups is 2. The highest BCUT2D eigenvalue weighted by atomic mass is 16.5. The highest BCUT2D eigenvalue weighted by molar-refractivity contribution is 5.75. The summed E-state index contributed by atoms with van der Waals surface area (Å²) in [4.78, 5) is 23.0. The van der Waals surface area contributed by atoms with Gasteiger partial charge in [-0.3, -0.25) is 9.59 Å². The molecule has 0 heterocycles. The molecule has 0 spiro atoms. The Kier molecular flexibility index (Phi) is 5.87. The monoisotopic (exact) mass is 251 g/mol. The van der Waals surface area contributed by atoms with Crippen LogP contribution in [0.25, 0.3) is 0 Å². The van der Waals surface area contributed by atoms with Crippen LogP contribution < -0.4 is 4.90 Å². The molecule has 0 aliphatic carbocycles. The Morgan fingerprint density at radius 1 is 1.39 bits per heavy atom. The van der Waals surface area contributed by atoms with E-state index >= 15 is 0 Å². The third-order valence-electron chi connectivity index (χ3n) is 2.43. The van der Waals surface area contributed by atoms with E-state index in [1.807, 2.05) is 6.92 Å². The molecule has 0 saturated carbocycles. The number of anilines is 1. The molecule has 5 heteroatoms. The van der Waals surface area contributed by atoms with Gasteiger partial charge in [-0.15, -0.1) is 0 Å². The molecule has 18 heavy (non-hydrogen) atoms. The smallest absolute Gasteiger partial charge is 0.307 e. The number of hydrogen-bond acceptors (Lipinski definition) is 3. The van der Waals surface area contributed by atoms with Crippen LogP contribution >= 0.6 is 0 Å². The van der Waals surface area contributed by atoms with Gasteiger partial charge < -0.3 is 14.7 Å². The number of hydrogen-bond donors (Lipinski definition) is 1. The number of ether oxygens (including phenoxy) is 1. The topological polar surface area (TPSA) is 66.8 Å². The van der Waals surface area contributed by atoms with Gasteiger partial charge in [0.15, 0.2) is 0 Å². The van der Waals surface area contributed by atoms with Crippen molar-refractivity contribution in [1.29, 1.82) is 0 Å². The fourth-order valence-corrected chi connectivity index (χ4v) is 1.53. The molecule has 1 rings (SSSR count). The number of nitrogens with zero attached hydrogens (tertiary/aromatic N) is 1. The summed E-state index contributed by atoms with van der Waals surface area (Å²) in [6, 6.07) is 6.89. The van der Waals surface area contributed by atoms with E-state index in [1.165, 1.54) is 4.90 Å². The van der Waals surface area contributed by atoms with Crippen LogP contribution in [0, 0.1) is 0 Å². The number of carboxylic acids is 1. The molecule has 0 fully saturated rings. The first-order chi connectivity index (χ1) is 8.67. The van der Waals surface area contributed by atoms with Crippen LogP contribution in [-0.2, 0) is 20.7 Å². The standard InChI is InChI=1S/C13H17NO4/c1-2-18-8-7-14(10-15)12-5-3-11(4-6-12)9-13(16)17/h3-6,10H,2,7-9H2,1H3,(H,16,17). The molecule has 5 nitrogen and oxygen atoms in total. The predicted molar refractivity (Wildman–Crippen MR) is 67.7 cm³/mol. The quantitative estimate of drug-likeness (QED) is 0.559. The van der Waals surface area contributed by atoms with E-state index in [-0.39, 0.29) is 6.42 Å². The molecule has 0 aliphatic rings. The van der Waals surface area contributed by atoms with Crippen molar-refractivity contribution in [3.05, 3.63) is 29.8 Å². The average molecular weight is 251 g/mol. The van der Waals surface area contributed by atoms with Gasteiger partial charge in [0.1, 0.15) is 0 Å². The first-order valence-corrected chi connectivity index (χ1v) is 5.77. The van der Waals surface area contributed by atoms with Gasteiger partial charge in [0.2, 0.25) is 6.41 Å². The van der Waals surface area contributed by atoms with Crippen LogP contribution in [-0.4, -0.2) is 37.2 Å². The van der Waals surface area contributed by atoms with E-state index in [0.29, 0.717) is 25.3 Å². The lowest BCUT2D eigenvalue weighted by Crippen LogP contribution is -2.25. The van der Waals surface area contributed by atoms with Crippen LogP contribution in [0.15, 0.2) is 24.3 Å². The first-order valence-electron chi connectivity index (χ1n) is 5.77. The Morgan fingerprint density at radius 3 is 2.56 bits per heavy atom. The van der Waals surface area contributed by atoms with E-state index in [1.54, 1.807) is 24.3 Å². The molecule has 0 aromatic heterocycles. The molecule has 0 aliphatic heterocycles. The van der Waals surface area contributed by atoms with E-state index in [2.05, 4.69) is 0 Å². The van der Waals surface area contributed by atoms with Crippen LogP contribution in [0.2, 0.25) is 0 Å². The van der Waals surface area contributed by atoms with E-state index in [0.717, 1.165) is 12.1 Å². The van der Waals surface area contributed by atoms with Crippen LogP contribution in [0.3, 0.4) is 0 Å². The number of amides is 1. The van der Waals surface area contributed by atoms with Gasteiger partial charge in [0, 0.05) is 18.8 Å². The van der Waals surface area contributed by atoms with Gasteiger partial charge in [0.25, 0.3) is 0 Å². The molecule has 0 bridgehead atoms. The first kappa shape index (κ1) is 14.2. The van der Waals surface area contributed by atoms with Crippen molar-refractivity contribution in [3.63, 3.8) is 0 Å². The van der Waals surface area contributed by atoms with Crippen molar-refractivity contribution in [3.8, 4) is 0 Å². The predicted octanol–water partition coefficient (Wildman–Crippen LogP) is 1.31. The minimum absolute atomic E-state index is 0.0136. The maximum atomic E-state index is 10.9. The lowest BCUT2D eigenvalue weighted by atomic mass is 10.1. The lowest BCUT2D eigenvalue weighted by Gasteiger charge is -2.17. The second-order valence-electron chi connectivity index (χ2n) is 3.73. The summed E-state index contributed by atoms with van der Waals surface area (Å²) < 4.78 is 5.19. The summed E-state index contributed by atoms with van der Waals surface area (Å²) >= 11 is 0. The van der Waals surface area contributed by atoms with Crippen molar-refractivity contribution >= 4 is 18.1 Å². The number of benzene rings is 1. The van der Waals surface area contributed by atoms with Gasteiger partial charge >= 0.3 is 5.97 Å². The van der Waals surface area contributed by atoms with E-state index < -0.39 is 5.97 Å². The van der Waals surface area contributed by atoms with Gasteiger partial charge in [-0.1, -0.05) is 12.1 Å². The Morgan fingerprint density at radius 2 is 2.06 bits per heavy atom. The Bertz CT molecular complexity index is 388. The Labute approximate surface area is 106 Å². The molecule has 1 aromatic carbocycles. The van der Waals surface area contributed by atoms with Gasteiger partial charge in [0.05, 0.1) is 13.0 Å².